The third-order valence-corrected chi connectivity index (χ3v) is 2.52. The molecule has 0 saturated heterocycles. The topological polar surface area (TPSA) is 44.5 Å². The lowest BCUT2D eigenvalue weighted by atomic mass is 10.2. The Morgan fingerprint density at radius 3 is 2.58 bits per heavy atom. The summed E-state index contributed by atoms with van der Waals surface area (Å²) in [5, 5.41) is 0. The van der Waals surface area contributed by atoms with E-state index in [9.17, 15) is 4.39 Å². The van der Waals surface area contributed by atoms with E-state index >= 15 is 0 Å². The minimum Gasteiger partial charge on any atom is -0.494 e. The summed E-state index contributed by atoms with van der Waals surface area (Å²) in [6, 6.07) is 11.6. The predicted molar refractivity (Wildman–Crippen MR) is 72.0 cm³/mol. The van der Waals surface area contributed by atoms with Crippen molar-refractivity contribution in [2.75, 3.05) is 6.61 Å². The van der Waals surface area contributed by atoms with E-state index in [4.69, 9.17) is 15.2 Å². The van der Waals surface area contributed by atoms with Gasteiger partial charge in [-0.2, -0.15) is 0 Å². The molecule has 2 aromatic carbocycles. The molecule has 19 heavy (non-hydrogen) atoms. The van der Waals surface area contributed by atoms with E-state index in [2.05, 4.69) is 0 Å². The van der Waals surface area contributed by atoms with Crippen molar-refractivity contribution in [1.29, 1.82) is 0 Å². The molecule has 0 saturated carbocycles. The molecule has 3 nitrogen and oxygen atoms in total. The zero-order valence-corrected chi connectivity index (χ0v) is 10.7. The number of ether oxygens (including phenoxy) is 2. The third kappa shape index (κ3) is 3.69. The van der Waals surface area contributed by atoms with Crippen LogP contribution < -0.4 is 15.2 Å². The van der Waals surface area contributed by atoms with Crippen LogP contribution in [0, 0.1) is 5.82 Å². The highest BCUT2D eigenvalue weighted by atomic mass is 19.1. The van der Waals surface area contributed by atoms with Gasteiger partial charge >= 0.3 is 0 Å². The average Bonchev–Trinajstić information content (AvgIpc) is 2.39. The lowest BCUT2D eigenvalue weighted by molar-refractivity contribution is 0.338. The van der Waals surface area contributed by atoms with E-state index in [1.165, 1.54) is 12.1 Å². The Kier molecular flexibility index (Phi) is 4.36. The van der Waals surface area contributed by atoms with Crippen LogP contribution in [-0.2, 0) is 6.54 Å². The fourth-order valence-corrected chi connectivity index (χ4v) is 1.73. The molecule has 0 bridgehead atoms. The number of benzene rings is 2. The quantitative estimate of drug-likeness (QED) is 0.896. The minimum absolute atomic E-state index is 0.271. The minimum atomic E-state index is -0.362. The molecule has 0 heterocycles. The van der Waals surface area contributed by atoms with Gasteiger partial charge in [0.1, 0.15) is 23.1 Å². The maximum Gasteiger partial charge on any atom is 0.131 e. The van der Waals surface area contributed by atoms with Crippen LogP contribution in [0.5, 0.6) is 17.2 Å². The van der Waals surface area contributed by atoms with Crippen LogP contribution in [0.1, 0.15) is 12.5 Å². The van der Waals surface area contributed by atoms with Crippen LogP contribution in [0.25, 0.3) is 0 Å². The summed E-state index contributed by atoms with van der Waals surface area (Å²) in [6.45, 7) is 2.77. The average molecular weight is 261 g/mol. The molecule has 0 atom stereocenters. The van der Waals surface area contributed by atoms with Crippen molar-refractivity contribution in [3.63, 3.8) is 0 Å². The van der Waals surface area contributed by atoms with E-state index in [1.54, 1.807) is 18.2 Å². The molecule has 2 rings (SSSR count). The molecule has 0 aliphatic heterocycles. The lowest BCUT2D eigenvalue weighted by Crippen LogP contribution is -1.98. The highest BCUT2D eigenvalue weighted by molar-refractivity contribution is 5.38. The number of halogens is 1. The molecule has 0 radical (unpaired) electrons. The largest absolute Gasteiger partial charge is 0.494 e. The Hall–Kier alpha value is -2.07. The molecule has 0 unspecified atom stereocenters. The van der Waals surface area contributed by atoms with Crippen molar-refractivity contribution in [2.24, 2.45) is 5.73 Å². The van der Waals surface area contributed by atoms with Crippen molar-refractivity contribution in [3.05, 3.63) is 53.8 Å². The first kappa shape index (κ1) is 13.4. The summed E-state index contributed by atoms with van der Waals surface area (Å²) >= 11 is 0. The van der Waals surface area contributed by atoms with Gasteiger partial charge < -0.3 is 15.2 Å². The van der Waals surface area contributed by atoms with Gasteiger partial charge in [0.05, 0.1) is 6.61 Å². The summed E-state index contributed by atoms with van der Waals surface area (Å²) in [6.07, 6.45) is 0. The van der Waals surface area contributed by atoms with Gasteiger partial charge in [-0.05, 0) is 36.8 Å². The van der Waals surface area contributed by atoms with Crippen molar-refractivity contribution in [2.45, 2.75) is 13.5 Å². The molecule has 100 valence electrons. The molecular weight excluding hydrogens is 245 g/mol. The first-order valence-corrected chi connectivity index (χ1v) is 6.11. The van der Waals surface area contributed by atoms with Crippen molar-refractivity contribution < 1.29 is 13.9 Å². The molecule has 0 spiro atoms. The Balaban J connectivity index is 2.20. The van der Waals surface area contributed by atoms with Gasteiger partial charge in [-0.25, -0.2) is 4.39 Å². The zero-order chi connectivity index (χ0) is 13.7. The van der Waals surface area contributed by atoms with Gasteiger partial charge in [-0.1, -0.05) is 6.07 Å². The van der Waals surface area contributed by atoms with Crippen molar-refractivity contribution in [1.82, 2.24) is 0 Å². The highest BCUT2D eigenvalue weighted by Crippen LogP contribution is 2.26. The van der Waals surface area contributed by atoms with Crippen LogP contribution in [0.3, 0.4) is 0 Å². The smallest absolute Gasteiger partial charge is 0.131 e. The first-order valence-electron chi connectivity index (χ1n) is 6.11. The molecule has 0 aliphatic rings. The third-order valence-electron chi connectivity index (χ3n) is 2.52. The molecule has 0 aliphatic carbocycles. The molecule has 0 fully saturated rings. The molecule has 0 aromatic heterocycles. The van der Waals surface area contributed by atoms with E-state index in [0.29, 0.717) is 23.7 Å². The second-order valence-electron chi connectivity index (χ2n) is 4.01. The standard InChI is InChI=1S/C15H16FNO2/c1-2-18-13-4-3-5-14(9-13)19-15-7-11(10-17)6-12(16)8-15/h3-9H,2,10,17H2,1H3. The maximum absolute atomic E-state index is 13.4. The van der Waals surface area contributed by atoms with E-state index in [-0.39, 0.29) is 12.4 Å². The molecule has 2 N–H and O–H groups in total. The second kappa shape index (κ2) is 6.20. The first-order chi connectivity index (χ1) is 9.21. The zero-order valence-electron chi connectivity index (χ0n) is 10.7. The molecular formula is C15H16FNO2. The highest BCUT2D eigenvalue weighted by Gasteiger charge is 2.03. The lowest BCUT2D eigenvalue weighted by Gasteiger charge is -2.09. The Morgan fingerprint density at radius 1 is 1.05 bits per heavy atom. The molecule has 4 heteroatoms. The fraction of sp³-hybridized carbons (Fsp3) is 0.200. The number of hydrogen-bond acceptors (Lipinski definition) is 3. The van der Waals surface area contributed by atoms with Crippen LogP contribution in [-0.4, -0.2) is 6.61 Å². The molecule has 0 amide bonds. The van der Waals surface area contributed by atoms with E-state index in [1.807, 2.05) is 19.1 Å². The molecule has 2 aromatic rings. The van der Waals surface area contributed by atoms with Crippen LogP contribution in [0.2, 0.25) is 0 Å². The van der Waals surface area contributed by atoms with Gasteiger partial charge in [0.15, 0.2) is 0 Å². The maximum atomic E-state index is 13.4. The summed E-state index contributed by atoms with van der Waals surface area (Å²) in [7, 11) is 0. The monoisotopic (exact) mass is 261 g/mol. The SMILES string of the molecule is CCOc1cccc(Oc2cc(F)cc(CN)c2)c1. The van der Waals surface area contributed by atoms with Gasteiger partial charge in [-0.3, -0.25) is 0 Å². The summed E-state index contributed by atoms with van der Waals surface area (Å²) in [4.78, 5) is 0. The van der Waals surface area contributed by atoms with E-state index in [0.717, 1.165) is 5.75 Å². The normalized spacial score (nSPS) is 10.3. The van der Waals surface area contributed by atoms with Crippen LogP contribution >= 0.6 is 0 Å². The van der Waals surface area contributed by atoms with Crippen molar-refractivity contribution >= 4 is 0 Å². The Morgan fingerprint density at radius 2 is 1.84 bits per heavy atom. The number of rotatable bonds is 5. The van der Waals surface area contributed by atoms with E-state index < -0.39 is 0 Å². The van der Waals surface area contributed by atoms with Gasteiger partial charge in [0, 0.05) is 18.7 Å². The van der Waals surface area contributed by atoms with Gasteiger partial charge in [-0.15, -0.1) is 0 Å². The summed E-state index contributed by atoms with van der Waals surface area (Å²) in [5.41, 5.74) is 6.19. The predicted octanol–water partition coefficient (Wildman–Crippen LogP) is 3.48. The van der Waals surface area contributed by atoms with Gasteiger partial charge in [0.2, 0.25) is 0 Å². The summed E-state index contributed by atoms with van der Waals surface area (Å²) < 4.78 is 24.3. The fourth-order valence-electron chi connectivity index (χ4n) is 1.73. The Bertz CT molecular complexity index is 558. The van der Waals surface area contributed by atoms with Crippen molar-refractivity contribution in [3.8, 4) is 17.2 Å². The Labute approximate surface area is 111 Å². The van der Waals surface area contributed by atoms with Gasteiger partial charge in [0.25, 0.3) is 0 Å². The number of hydrogen-bond donors (Lipinski definition) is 1. The number of nitrogens with two attached hydrogens (primary N) is 1. The second-order valence-corrected chi connectivity index (χ2v) is 4.01. The van der Waals surface area contributed by atoms with Crippen LogP contribution in [0.15, 0.2) is 42.5 Å². The summed E-state index contributed by atoms with van der Waals surface area (Å²) in [5.74, 6) is 1.38. The van der Waals surface area contributed by atoms with Crippen LogP contribution in [0.4, 0.5) is 4.39 Å².